The van der Waals surface area contributed by atoms with Crippen LogP contribution in [0.2, 0.25) is 0 Å². The van der Waals surface area contributed by atoms with Gasteiger partial charge in [-0.25, -0.2) is 0 Å². The molecule has 0 amide bonds. The largest absolute Gasteiger partial charge is 0.462 e. The van der Waals surface area contributed by atoms with Gasteiger partial charge in [0, 0.05) is 13.8 Å². The zero-order valence-corrected chi connectivity index (χ0v) is 8.89. The lowest BCUT2D eigenvalue weighted by molar-refractivity contribution is -0.160. The van der Waals surface area contributed by atoms with Crippen LogP contribution in [0.15, 0.2) is 0 Å². The minimum atomic E-state index is -0.627. The lowest BCUT2D eigenvalue weighted by Gasteiger charge is -2.16. The smallest absolute Gasteiger partial charge is 0.303 e. The van der Waals surface area contributed by atoms with Crippen molar-refractivity contribution < 1.29 is 28.9 Å². The van der Waals surface area contributed by atoms with Crippen molar-refractivity contribution in [1.82, 2.24) is 0 Å². The topological polar surface area (TPSA) is 82.1 Å². The fourth-order valence-electron chi connectivity index (χ4n) is 0.840. The van der Waals surface area contributed by atoms with Gasteiger partial charge in [-0.1, -0.05) is 0 Å². The molecule has 15 heavy (non-hydrogen) atoms. The lowest BCUT2D eigenvalue weighted by atomic mass is 10.4. The Balaban J connectivity index is 3.83. The van der Waals surface area contributed by atoms with Crippen LogP contribution in [0.5, 0.6) is 0 Å². The molecule has 0 unspecified atom stereocenters. The Morgan fingerprint density at radius 3 is 2.33 bits per heavy atom. The summed E-state index contributed by atoms with van der Waals surface area (Å²) in [6, 6.07) is 0. The van der Waals surface area contributed by atoms with Gasteiger partial charge >= 0.3 is 11.9 Å². The highest BCUT2D eigenvalue weighted by molar-refractivity contribution is 5.67. The first-order valence-corrected chi connectivity index (χ1v) is 4.55. The zero-order valence-electron chi connectivity index (χ0n) is 8.89. The second kappa shape index (κ2) is 8.19. The van der Waals surface area contributed by atoms with Gasteiger partial charge in [0.25, 0.3) is 0 Å². The van der Waals surface area contributed by atoms with Gasteiger partial charge in [-0.15, -0.1) is 0 Å². The Morgan fingerprint density at radius 2 is 1.87 bits per heavy atom. The van der Waals surface area contributed by atoms with Crippen molar-refractivity contribution in [2.24, 2.45) is 0 Å². The molecule has 0 saturated carbocycles. The van der Waals surface area contributed by atoms with E-state index in [9.17, 15) is 9.59 Å². The van der Waals surface area contributed by atoms with Gasteiger partial charge in [0.1, 0.15) is 6.61 Å². The fraction of sp³-hybridized carbons (Fsp3) is 0.778. The number of carbonyl (C=O) groups is 2. The highest BCUT2D eigenvalue weighted by atomic mass is 16.6. The molecule has 0 spiro atoms. The third-order valence-corrected chi connectivity index (χ3v) is 1.34. The van der Waals surface area contributed by atoms with Crippen LogP contribution < -0.4 is 0 Å². The molecule has 0 aromatic carbocycles. The van der Waals surface area contributed by atoms with Crippen molar-refractivity contribution in [2.75, 3.05) is 26.4 Å². The van der Waals surface area contributed by atoms with E-state index in [1.807, 2.05) is 0 Å². The van der Waals surface area contributed by atoms with Crippen molar-refractivity contribution >= 4 is 11.9 Å². The number of ether oxygens (including phenoxy) is 3. The van der Waals surface area contributed by atoms with Crippen LogP contribution in [0.4, 0.5) is 0 Å². The minimum absolute atomic E-state index is 0.0413. The number of hydrogen-bond acceptors (Lipinski definition) is 6. The third-order valence-electron chi connectivity index (χ3n) is 1.34. The predicted molar refractivity (Wildman–Crippen MR) is 50.1 cm³/mol. The van der Waals surface area contributed by atoms with Crippen molar-refractivity contribution in [3.8, 4) is 0 Å². The SMILES string of the molecule is CC(=O)OC[C@H](COCCO)OC(C)=O. The maximum atomic E-state index is 10.7. The molecule has 0 rings (SSSR count). The average Bonchev–Trinajstić information content (AvgIpc) is 2.13. The minimum Gasteiger partial charge on any atom is -0.462 e. The monoisotopic (exact) mass is 220 g/mol. The summed E-state index contributed by atoms with van der Waals surface area (Å²) in [7, 11) is 0. The number of aliphatic hydroxyl groups is 1. The Kier molecular flexibility index (Phi) is 7.57. The fourth-order valence-corrected chi connectivity index (χ4v) is 0.840. The highest BCUT2D eigenvalue weighted by Gasteiger charge is 2.13. The van der Waals surface area contributed by atoms with Crippen LogP contribution in [-0.4, -0.2) is 49.6 Å². The van der Waals surface area contributed by atoms with E-state index in [0.717, 1.165) is 0 Å². The summed E-state index contributed by atoms with van der Waals surface area (Å²) in [4.78, 5) is 21.2. The summed E-state index contributed by atoms with van der Waals surface area (Å²) < 4.78 is 14.5. The summed E-state index contributed by atoms with van der Waals surface area (Å²) in [6.45, 7) is 2.61. The molecule has 0 fully saturated rings. The Morgan fingerprint density at radius 1 is 1.20 bits per heavy atom. The molecule has 0 heterocycles. The molecule has 0 aliphatic heterocycles. The van der Waals surface area contributed by atoms with Crippen molar-refractivity contribution in [2.45, 2.75) is 20.0 Å². The lowest BCUT2D eigenvalue weighted by Crippen LogP contribution is -2.29. The number of hydrogen-bond donors (Lipinski definition) is 1. The molecule has 0 aromatic rings. The molecular weight excluding hydrogens is 204 g/mol. The molecule has 0 bridgehead atoms. The van der Waals surface area contributed by atoms with Gasteiger partial charge < -0.3 is 19.3 Å². The van der Waals surface area contributed by atoms with Gasteiger partial charge in [0.2, 0.25) is 0 Å². The first-order valence-electron chi connectivity index (χ1n) is 4.55. The molecular formula is C9H16O6. The molecule has 88 valence electrons. The first-order chi connectivity index (χ1) is 7.06. The van der Waals surface area contributed by atoms with Crippen LogP contribution in [-0.2, 0) is 23.8 Å². The zero-order chi connectivity index (χ0) is 11.7. The van der Waals surface area contributed by atoms with E-state index in [1.165, 1.54) is 13.8 Å². The number of aliphatic hydroxyl groups excluding tert-OH is 1. The number of esters is 2. The summed E-state index contributed by atoms with van der Waals surface area (Å²) in [5.74, 6) is -0.922. The summed E-state index contributed by atoms with van der Waals surface area (Å²) in [6.07, 6.45) is -0.627. The van der Waals surface area contributed by atoms with Gasteiger partial charge in [-0.05, 0) is 0 Å². The van der Waals surface area contributed by atoms with Gasteiger partial charge in [0.15, 0.2) is 6.10 Å². The maximum absolute atomic E-state index is 10.7. The molecule has 1 atom stereocenters. The second-order valence-electron chi connectivity index (χ2n) is 2.83. The van der Waals surface area contributed by atoms with Crippen molar-refractivity contribution in [3.63, 3.8) is 0 Å². The Hall–Kier alpha value is -1.14. The van der Waals surface area contributed by atoms with Crippen LogP contribution in [0.3, 0.4) is 0 Å². The highest BCUT2D eigenvalue weighted by Crippen LogP contribution is 1.96. The van der Waals surface area contributed by atoms with E-state index in [-0.39, 0.29) is 26.4 Å². The molecule has 0 aromatic heterocycles. The number of rotatable bonds is 7. The van der Waals surface area contributed by atoms with Crippen LogP contribution in [0, 0.1) is 0 Å². The average molecular weight is 220 g/mol. The maximum Gasteiger partial charge on any atom is 0.303 e. The van der Waals surface area contributed by atoms with Crippen LogP contribution in [0.25, 0.3) is 0 Å². The van der Waals surface area contributed by atoms with E-state index in [0.29, 0.717) is 0 Å². The first kappa shape index (κ1) is 13.9. The summed E-state index contributed by atoms with van der Waals surface area (Å²) >= 11 is 0. The molecule has 0 radical (unpaired) electrons. The molecule has 0 aliphatic carbocycles. The van der Waals surface area contributed by atoms with Gasteiger partial charge in [0.05, 0.1) is 19.8 Å². The molecule has 0 saturated heterocycles. The standard InChI is InChI=1S/C9H16O6/c1-7(11)14-6-9(15-8(2)12)5-13-4-3-10/h9-10H,3-6H2,1-2H3/t9-/m0/s1. The van der Waals surface area contributed by atoms with E-state index in [4.69, 9.17) is 14.6 Å². The Labute approximate surface area is 88.1 Å². The number of carbonyl (C=O) groups excluding carboxylic acids is 2. The predicted octanol–water partition coefficient (Wildman–Crippen LogP) is -0.510. The van der Waals surface area contributed by atoms with Gasteiger partial charge in [-0.3, -0.25) is 9.59 Å². The molecule has 0 aliphatic rings. The van der Waals surface area contributed by atoms with Crippen LogP contribution in [0.1, 0.15) is 13.8 Å². The normalized spacial score (nSPS) is 11.9. The van der Waals surface area contributed by atoms with E-state index in [2.05, 4.69) is 4.74 Å². The van der Waals surface area contributed by atoms with E-state index < -0.39 is 18.0 Å². The van der Waals surface area contributed by atoms with Gasteiger partial charge in [-0.2, -0.15) is 0 Å². The van der Waals surface area contributed by atoms with Crippen molar-refractivity contribution in [1.29, 1.82) is 0 Å². The van der Waals surface area contributed by atoms with Crippen molar-refractivity contribution in [3.05, 3.63) is 0 Å². The third kappa shape index (κ3) is 9.17. The quantitative estimate of drug-likeness (QED) is 0.459. The summed E-state index contributed by atoms with van der Waals surface area (Å²) in [5.41, 5.74) is 0. The molecule has 6 nitrogen and oxygen atoms in total. The van der Waals surface area contributed by atoms with E-state index in [1.54, 1.807) is 0 Å². The Bertz CT molecular complexity index is 203. The molecule has 6 heteroatoms. The molecule has 1 N–H and O–H groups in total. The second-order valence-corrected chi connectivity index (χ2v) is 2.83. The summed E-state index contributed by atoms with van der Waals surface area (Å²) in [5, 5.41) is 8.46. The van der Waals surface area contributed by atoms with E-state index >= 15 is 0 Å². The van der Waals surface area contributed by atoms with Crippen LogP contribution >= 0.6 is 0 Å².